The molecule has 0 bridgehead atoms. The number of nitrogens with one attached hydrogen (secondary N) is 1. The topological polar surface area (TPSA) is 32.3 Å². The van der Waals surface area contributed by atoms with Crippen molar-refractivity contribution in [3.05, 3.63) is 50.0 Å². The van der Waals surface area contributed by atoms with Crippen molar-refractivity contribution in [1.82, 2.24) is 0 Å². The monoisotopic (exact) mass is 363 g/mol. The smallest absolute Gasteiger partial charge is 0.124 e. The van der Waals surface area contributed by atoms with Gasteiger partial charge < -0.3 is 10.4 Å². The summed E-state index contributed by atoms with van der Waals surface area (Å²) in [6.45, 7) is 0.419. The molecule has 0 amide bonds. The average Bonchev–Trinajstić information content (AvgIpc) is 2.81. The van der Waals surface area contributed by atoms with Crippen LogP contribution in [0.1, 0.15) is 11.0 Å². The van der Waals surface area contributed by atoms with Gasteiger partial charge in [0, 0.05) is 20.7 Å². The van der Waals surface area contributed by atoms with Crippen LogP contribution < -0.4 is 5.32 Å². The summed E-state index contributed by atoms with van der Waals surface area (Å²) in [5.74, 6) is -0.251. The molecule has 0 saturated carbocycles. The molecule has 2 nitrogen and oxygen atoms in total. The zero-order valence-corrected chi connectivity index (χ0v) is 11.8. The Balaban J connectivity index is 1.98. The van der Waals surface area contributed by atoms with Gasteiger partial charge in [-0.3, -0.25) is 0 Å². The molecule has 2 N–H and O–H groups in total. The van der Waals surface area contributed by atoms with E-state index in [0.717, 1.165) is 14.1 Å². The lowest BCUT2D eigenvalue weighted by molar-refractivity contribution is 0.195. The van der Waals surface area contributed by atoms with Gasteiger partial charge >= 0.3 is 0 Å². The summed E-state index contributed by atoms with van der Waals surface area (Å²) < 4.78 is 13.7. The van der Waals surface area contributed by atoms with E-state index in [9.17, 15) is 9.50 Å². The summed E-state index contributed by atoms with van der Waals surface area (Å²) >= 11 is 3.59. The first-order valence-electron chi connectivity index (χ1n) is 5.07. The average molecular weight is 363 g/mol. The largest absolute Gasteiger partial charge is 0.386 e. The van der Waals surface area contributed by atoms with E-state index in [1.54, 1.807) is 6.07 Å². The first-order valence-corrected chi connectivity index (χ1v) is 7.03. The minimum atomic E-state index is -0.532. The fourth-order valence-electron chi connectivity index (χ4n) is 1.42. The van der Waals surface area contributed by atoms with E-state index < -0.39 is 6.10 Å². The molecule has 0 aliphatic rings. The van der Waals surface area contributed by atoms with Crippen LogP contribution in [0.5, 0.6) is 0 Å². The van der Waals surface area contributed by atoms with E-state index in [1.807, 2.05) is 17.5 Å². The molecule has 1 aromatic carbocycles. The Hall–Kier alpha value is -0.660. The molecule has 1 unspecified atom stereocenters. The number of hydrogen-bond donors (Lipinski definition) is 2. The third kappa shape index (κ3) is 3.40. The number of aliphatic hydroxyl groups excluding tert-OH is 1. The molecule has 1 atom stereocenters. The predicted octanol–water partition coefficient (Wildman–Crippen LogP) is 3.64. The maximum atomic E-state index is 12.9. The van der Waals surface area contributed by atoms with Crippen LogP contribution in [0.2, 0.25) is 0 Å². The van der Waals surface area contributed by atoms with Gasteiger partial charge in [-0.15, -0.1) is 11.3 Å². The maximum Gasteiger partial charge on any atom is 0.124 e. The molecule has 90 valence electrons. The van der Waals surface area contributed by atoms with Crippen LogP contribution in [0.4, 0.5) is 10.1 Å². The second kappa shape index (κ2) is 5.79. The highest BCUT2D eigenvalue weighted by molar-refractivity contribution is 14.1. The lowest BCUT2D eigenvalue weighted by Crippen LogP contribution is -2.11. The highest BCUT2D eigenvalue weighted by Crippen LogP contribution is 2.22. The Kier molecular flexibility index (Phi) is 4.36. The number of rotatable bonds is 4. The Bertz CT molecular complexity index is 489. The zero-order valence-electron chi connectivity index (χ0n) is 8.86. The minimum absolute atomic E-state index is 0.251. The number of benzene rings is 1. The van der Waals surface area contributed by atoms with Gasteiger partial charge in [0.05, 0.1) is 0 Å². The predicted molar refractivity (Wildman–Crippen MR) is 76.9 cm³/mol. The van der Waals surface area contributed by atoms with Crippen LogP contribution in [0.15, 0.2) is 35.7 Å². The molecule has 2 aromatic rings. The maximum absolute atomic E-state index is 12.9. The molecule has 0 aliphatic carbocycles. The number of aliphatic hydroxyl groups is 1. The molecule has 2 rings (SSSR count). The van der Waals surface area contributed by atoms with Gasteiger partial charge in [-0.25, -0.2) is 4.39 Å². The van der Waals surface area contributed by atoms with Crippen LogP contribution in [0, 0.1) is 9.39 Å². The molecule has 1 aromatic heterocycles. The summed E-state index contributed by atoms with van der Waals surface area (Å²) in [6.07, 6.45) is -0.532. The molecule has 1 heterocycles. The van der Waals surface area contributed by atoms with Crippen molar-refractivity contribution in [3.8, 4) is 0 Å². The van der Waals surface area contributed by atoms with Gasteiger partial charge in [0.2, 0.25) is 0 Å². The SMILES string of the molecule is OC(CNc1ccc(F)cc1I)c1cccs1. The van der Waals surface area contributed by atoms with Gasteiger partial charge in [-0.05, 0) is 52.2 Å². The number of halogens is 2. The highest BCUT2D eigenvalue weighted by Gasteiger charge is 2.09. The quantitative estimate of drug-likeness (QED) is 0.813. The number of anilines is 1. The van der Waals surface area contributed by atoms with Crippen molar-refractivity contribution < 1.29 is 9.50 Å². The van der Waals surface area contributed by atoms with Gasteiger partial charge in [-0.2, -0.15) is 0 Å². The molecule has 5 heteroatoms. The van der Waals surface area contributed by atoms with E-state index in [2.05, 4.69) is 27.9 Å². The zero-order chi connectivity index (χ0) is 12.3. The van der Waals surface area contributed by atoms with Crippen molar-refractivity contribution in [2.24, 2.45) is 0 Å². The third-order valence-electron chi connectivity index (χ3n) is 2.29. The van der Waals surface area contributed by atoms with Crippen molar-refractivity contribution in [3.63, 3.8) is 0 Å². The summed E-state index contributed by atoms with van der Waals surface area (Å²) in [5.41, 5.74) is 0.836. The second-order valence-corrected chi connectivity index (χ2v) is 5.68. The van der Waals surface area contributed by atoms with Gasteiger partial charge in [0.15, 0.2) is 0 Å². The van der Waals surface area contributed by atoms with Gasteiger partial charge in [0.25, 0.3) is 0 Å². The van der Waals surface area contributed by atoms with E-state index >= 15 is 0 Å². The van der Waals surface area contributed by atoms with Gasteiger partial charge in [-0.1, -0.05) is 6.07 Å². The molecular formula is C12H11FINOS. The van der Waals surface area contributed by atoms with Crippen molar-refractivity contribution in [2.45, 2.75) is 6.10 Å². The Morgan fingerprint density at radius 2 is 2.24 bits per heavy atom. The Morgan fingerprint density at radius 1 is 1.41 bits per heavy atom. The molecule has 0 radical (unpaired) electrons. The molecular weight excluding hydrogens is 352 g/mol. The summed E-state index contributed by atoms with van der Waals surface area (Å²) in [6, 6.07) is 8.35. The van der Waals surface area contributed by atoms with E-state index in [-0.39, 0.29) is 5.82 Å². The van der Waals surface area contributed by atoms with E-state index in [0.29, 0.717) is 6.54 Å². The van der Waals surface area contributed by atoms with Crippen molar-refractivity contribution >= 4 is 39.6 Å². The summed E-state index contributed by atoms with van der Waals surface area (Å²) in [7, 11) is 0. The highest BCUT2D eigenvalue weighted by atomic mass is 127. The number of thiophene rings is 1. The van der Waals surface area contributed by atoms with Crippen LogP contribution in [-0.4, -0.2) is 11.7 Å². The lowest BCUT2D eigenvalue weighted by atomic mass is 10.2. The second-order valence-electron chi connectivity index (χ2n) is 3.54. The van der Waals surface area contributed by atoms with E-state index in [1.165, 1.54) is 23.5 Å². The fraction of sp³-hybridized carbons (Fsp3) is 0.167. The lowest BCUT2D eigenvalue weighted by Gasteiger charge is -2.12. The fourth-order valence-corrected chi connectivity index (χ4v) is 2.80. The Labute approximate surface area is 117 Å². The standard InChI is InChI=1S/C12H11FINOS/c13-8-3-4-10(9(14)6-8)15-7-11(16)12-2-1-5-17-12/h1-6,11,15-16H,7H2. The molecule has 0 aliphatic heterocycles. The third-order valence-corrected chi connectivity index (χ3v) is 4.15. The first-order chi connectivity index (χ1) is 8.16. The Morgan fingerprint density at radius 3 is 2.88 bits per heavy atom. The van der Waals surface area contributed by atoms with Crippen LogP contribution in [0.3, 0.4) is 0 Å². The minimum Gasteiger partial charge on any atom is -0.386 e. The molecule has 0 saturated heterocycles. The van der Waals surface area contributed by atoms with Crippen molar-refractivity contribution in [1.29, 1.82) is 0 Å². The van der Waals surface area contributed by atoms with Crippen LogP contribution in [-0.2, 0) is 0 Å². The summed E-state index contributed by atoms with van der Waals surface area (Å²) in [4.78, 5) is 0.926. The first kappa shape index (κ1) is 12.8. The van der Waals surface area contributed by atoms with Gasteiger partial charge in [0.1, 0.15) is 11.9 Å². The summed E-state index contributed by atoms with van der Waals surface area (Å²) in [5, 5.41) is 14.9. The van der Waals surface area contributed by atoms with Crippen LogP contribution in [0.25, 0.3) is 0 Å². The molecule has 0 fully saturated rings. The van der Waals surface area contributed by atoms with Crippen molar-refractivity contribution in [2.75, 3.05) is 11.9 Å². The molecule has 0 spiro atoms. The van der Waals surface area contributed by atoms with Crippen LogP contribution >= 0.6 is 33.9 Å². The normalized spacial score (nSPS) is 12.4. The number of hydrogen-bond acceptors (Lipinski definition) is 3. The van der Waals surface area contributed by atoms with E-state index in [4.69, 9.17) is 0 Å². The molecule has 17 heavy (non-hydrogen) atoms.